The summed E-state index contributed by atoms with van der Waals surface area (Å²) in [5.41, 5.74) is 1.00. The molecule has 0 saturated carbocycles. The van der Waals surface area contributed by atoms with Gasteiger partial charge in [0.25, 0.3) is 0 Å². The number of pyridine rings is 2. The highest BCUT2D eigenvalue weighted by molar-refractivity contribution is 5.90. The number of nitrogens with zero attached hydrogens (tertiary/aromatic N) is 3. The molecule has 2 rings (SSSR count). The molecule has 0 aromatic carbocycles. The second-order valence-electron chi connectivity index (χ2n) is 8.71. The maximum absolute atomic E-state index is 12.6. The van der Waals surface area contributed by atoms with E-state index < -0.39 is 36.7 Å². The first kappa shape index (κ1) is 27.8. The first-order valence-electron chi connectivity index (χ1n) is 10.8. The van der Waals surface area contributed by atoms with Crippen molar-refractivity contribution in [1.29, 1.82) is 0 Å². The summed E-state index contributed by atoms with van der Waals surface area (Å²) in [7, 11) is 2.49. The number of ether oxygens (including phenoxy) is 3. The van der Waals surface area contributed by atoms with Crippen LogP contribution in [0.1, 0.15) is 64.3 Å². The number of aliphatic hydroxyl groups is 2. The Kier molecular flexibility index (Phi) is 9.81. The normalized spacial score (nSPS) is 11.3. The molecular weight excluding hydrogens is 458 g/mol. The number of rotatable bonds is 10. The van der Waals surface area contributed by atoms with Crippen molar-refractivity contribution in [2.45, 2.75) is 52.7 Å². The van der Waals surface area contributed by atoms with Crippen LogP contribution in [0.2, 0.25) is 0 Å². The topological polar surface area (TPSA) is 148 Å². The van der Waals surface area contributed by atoms with Crippen LogP contribution in [0.5, 0.6) is 0 Å². The number of aromatic nitrogens is 2. The van der Waals surface area contributed by atoms with Gasteiger partial charge in [0.15, 0.2) is 0 Å². The van der Waals surface area contributed by atoms with E-state index in [9.17, 15) is 24.6 Å². The smallest absolute Gasteiger partial charge is 0.337 e. The third kappa shape index (κ3) is 8.71. The Bertz CT molecular complexity index is 996. The summed E-state index contributed by atoms with van der Waals surface area (Å²) >= 11 is 0. The van der Waals surface area contributed by atoms with Gasteiger partial charge in [-0.25, -0.2) is 9.59 Å². The first-order chi connectivity index (χ1) is 16.5. The minimum Gasteiger partial charge on any atom is -0.465 e. The summed E-state index contributed by atoms with van der Waals surface area (Å²) in [6.07, 6.45) is 0. The van der Waals surface area contributed by atoms with Crippen molar-refractivity contribution in [2.75, 3.05) is 20.8 Å². The van der Waals surface area contributed by atoms with Crippen molar-refractivity contribution in [2.24, 2.45) is 0 Å². The molecule has 0 atom stereocenters. The van der Waals surface area contributed by atoms with Gasteiger partial charge in [-0.1, -0.05) is 0 Å². The number of esters is 3. The Balaban J connectivity index is 2.42. The number of methoxy groups -OCH3 is 2. The van der Waals surface area contributed by atoms with Crippen molar-refractivity contribution in [3.63, 3.8) is 0 Å². The average Bonchev–Trinajstić information content (AvgIpc) is 2.80. The highest BCUT2D eigenvalue weighted by Crippen LogP contribution is 2.16. The lowest BCUT2D eigenvalue weighted by molar-refractivity contribution is -0.156. The molecule has 0 spiro atoms. The molecule has 190 valence electrons. The van der Waals surface area contributed by atoms with Crippen LogP contribution in [-0.2, 0) is 45.3 Å². The van der Waals surface area contributed by atoms with Gasteiger partial charge < -0.3 is 24.4 Å². The maximum Gasteiger partial charge on any atom is 0.337 e. The van der Waals surface area contributed by atoms with Crippen LogP contribution in [0, 0.1) is 0 Å². The van der Waals surface area contributed by atoms with Gasteiger partial charge in [-0.15, -0.1) is 0 Å². The highest BCUT2D eigenvalue weighted by atomic mass is 16.6. The molecular formula is C24H31N3O8. The van der Waals surface area contributed by atoms with Crippen molar-refractivity contribution >= 4 is 17.9 Å². The molecule has 0 bridgehead atoms. The van der Waals surface area contributed by atoms with Gasteiger partial charge in [-0.05, 0) is 45.0 Å². The predicted molar refractivity (Wildman–Crippen MR) is 123 cm³/mol. The molecule has 0 aliphatic heterocycles. The fraction of sp³-hybridized carbons (Fsp3) is 0.458. The van der Waals surface area contributed by atoms with E-state index in [1.54, 1.807) is 25.7 Å². The van der Waals surface area contributed by atoms with Crippen molar-refractivity contribution in [3.8, 4) is 0 Å². The second kappa shape index (κ2) is 12.3. The van der Waals surface area contributed by atoms with E-state index >= 15 is 0 Å². The monoisotopic (exact) mass is 489 g/mol. The zero-order valence-corrected chi connectivity index (χ0v) is 20.5. The molecule has 0 aliphatic carbocycles. The largest absolute Gasteiger partial charge is 0.465 e. The average molecular weight is 490 g/mol. The summed E-state index contributed by atoms with van der Waals surface area (Å²) in [5.74, 6) is -1.69. The number of hydrogen-bond donors (Lipinski definition) is 2. The molecule has 2 N–H and O–H groups in total. The van der Waals surface area contributed by atoms with Crippen molar-refractivity contribution in [3.05, 3.63) is 58.2 Å². The van der Waals surface area contributed by atoms with E-state index in [0.29, 0.717) is 11.4 Å². The van der Waals surface area contributed by atoms with E-state index in [1.807, 2.05) is 0 Å². The Morgan fingerprint density at radius 2 is 1.20 bits per heavy atom. The Labute approximate surface area is 203 Å². The minimum absolute atomic E-state index is 0.0790. The second-order valence-corrected chi connectivity index (χ2v) is 8.71. The van der Waals surface area contributed by atoms with Gasteiger partial charge in [0.05, 0.1) is 67.9 Å². The van der Waals surface area contributed by atoms with Crippen LogP contribution >= 0.6 is 0 Å². The molecule has 0 saturated heterocycles. The summed E-state index contributed by atoms with van der Waals surface area (Å²) in [5, 5.41) is 19.1. The first-order valence-corrected chi connectivity index (χ1v) is 10.8. The molecule has 2 heterocycles. The highest BCUT2D eigenvalue weighted by Gasteiger charge is 2.22. The lowest BCUT2D eigenvalue weighted by Gasteiger charge is -2.25. The number of carbonyl (C=O) groups is 3. The lowest BCUT2D eigenvalue weighted by atomic mass is 10.1. The number of carbonyl (C=O) groups excluding carboxylic acids is 3. The van der Waals surface area contributed by atoms with Crippen LogP contribution in [0.4, 0.5) is 0 Å². The van der Waals surface area contributed by atoms with E-state index in [-0.39, 0.29) is 42.1 Å². The van der Waals surface area contributed by atoms with Crippen LogP contribution in [-0.4, -0.2) is 69.4 Å². The molecule has 0 aliphatic rings. The zero-order valence-electron chi connectivity index (χ0n) is 20.5. The van der Waals surface area contributed by atoms with E-state index in [4.69, 9.17) is 14.2 Å². The molecule has 0 fully saturated rings. The third-order valence-electron chi connectivity index (χ3n) is 4.57. The van der Waals surface area contributed by atoms with Gasteiger partial charge in [-0.3, -0.25) is 19.7 Å². The van der Waals surface area contributed by atoms with Gasteiger partial charge in [0.1, 0.15) is 5.60 Å². The fourth-order valence-electron chi connectivity index (χ4n) is 3.28. The van der Waals surface area contributed by atoms with Crippen LogP contribution in [0.15, 0.2) is 24.3 Å². The third-order valence-corrected chi connectivity index (χ3v) is 4.57. The maximum atomic E-state index is 12.6. The van der Waals surface area contributed by atoms with E-state index in [1.165, 1.54) is 38.5 Å². The summed E-state index contributed by atoms with van der Waals surface area (Å²) in [6.45, 7) is 4.45. The van der Waals surface area contributed by atoms with Crippen molar-refractivity contribution < 1.29 is 38.8 Å². The Hall–Kier alpha value is -3.41. The minimum atomic E-state index is -0.705. The molecule has 2 aromatic heterocycles. The predicted octanol–water partition coefficient (Wildman–Crippen LogP) is 1.38. The van der Waals surface area contributed by atoms with Crippen LogP contribution < -0.4 is 0 Å². The summed E-state index contributed by atoms with van der Waals surface area (Å²) in [4.78, 5) is 47.0. The summed E-state index contributed by atoms with van der Waals surface area (Å²) < 4.78 is 15.0. The fourth-order valence-corrected chi connectivity index (χ4v) is 3.28. The molecule has 2 aromatic rings. The quantitative estimate of drug-likeness (QED) is 0.368. The van der Waals surface area contributed by atoms with Gasteiger partial charge in [-0.2, -0.15) is 0 Å². The zero-order chi connectivity index (χ0) is 26.2. The Morgan fingerprint density at radius 1 is 0.800 bits per heavy atom. The number of aliphatic hydroxyl groups excluding tert-OH is 2. The SMILES string of the molecule is COC(=O)c1cc(CO)nc(CN(CC(=O)OC(C)(C)C)Cc2cc(C(=O)OC)cc(CO)n2)c1. The number of hydrogen-bond acceptors (Lipinski definition) is 11. The molecule has 0 radical (unpaired) electrons. The van der Waals surface area contributed by atoms with Crippen LogP contribution in [0.25, 0.3) is 0 Å². The molecule has 0 unspecified atom stereocenters. The van der Waals surface area contributed by atoms with E-state index in [0.717, 1.165) is 0 Å². The lowest BCUT2D eigenvalue weighted by Crippen LogP contribution is -2.35. The molecule has 0 amide bonds. The van der Waals surface area contributed by atoms with Gasteiger partial charge in [0.2, 0.25) is 0 Å². The standard InChI is InChI=1S/C24H31N3O8/c1-24(2,3)35-21(30)12-27(10-17-6-15(22(31)33-4)8-19(13-28)25-17)11-18-7-16(23(32)34-5)9-20(14-29)26-18/h6-9,28-29H,10-14H2,1-5H3. The van der Waals surface area contributed by atoms with Gasteiger partial charge in [0, 0.05) is 13.1 Å². The molecule has 11 nitrogen and oxygen atoms in total. The Morgan fingerprint density at radius 3 is 1.54 bits per heavy atom. The van der Waals surface area contributed by atoms with Crippen molar-refractivity contribution in [1.82, 2.24) is 14.9 Å². The molecule has 35 heavy (non-hydrogen) atoms. The summed E-state index contributed by atoms with van der Waals surface area (Å²) in [6, 6.07) is 5.85. The molecule has 11 heteroatoms. The van der Waals surface area contributed by atoms with Gasteiger partial charge >= 0.3 is 17.9 Å². The van der Waals surface area contributed by atoms with E-state index in [2.05, 4.69) is 9.97 Å². The van der Waals surface area contributed by atoms with Crippen LogP contribution in [0.3, 0.4) is 0 Å².